The Morgan fingerprint density at radius 3 is 2.48 bits per heavy atom. The van der Waals surface area contributed by atoms with Gasteiger partial charge in [-0.05, 0) is 49.4 Å². The molecule has 4 rings (SSSR count). The minimum absolute atomic E-state index is 0.559. The van der Waals surface area contributed by atoms with Gasteiger partial charge < -0.3 is 4.90 Å². The van der Waals surface area contributed by atoms with Crippen LogP contribution in [0.25, 0.3) is 0 Å². The van der Waals surface area contributed by atoms with Crippen molar-refractivity contribution in [2.45, 2.75) is 44.2 Å². The number of rotatable bonds is 5. The lowest BCUT2D eigenvalue weighted by Gasteiger charge is -2.37. The van der Waals surface area contributed by atoms with Gasteiger partial charge in [-0.25, -0.2) is 9.97 Å². The van der Waals surface area contributed by atoms with E-state index in [0.717, 1.165) is 36.3 Å². The fourth-order valence-electron chi connectivity index (χ4n) is 3.60. The van der Waals surface area contributed by atoms with Gasteiger partial charge in [-0.15, -0.1) is 0 Å². The van der Waals surface area contributed by atoms with Crippen LogP contribution in [0.1, 0.15) is 43.0 Å². The van der Waals surface area contributed by atoms with Crippen LogP contribution in [-0.2, 0) is 6.54 Å². The van der Waals surface area contributed by atoms with Gasteiger partial charge in [0.2, 0.25) is 0 Å². The van der Waals surface area contributed by atoms with Crippen molar-refractivity contribution in [3.05, 3.63) is 52.9 Å². The SMILES string of the molecule is CN(c1ccnc(C2CC2)n1)C1CCN(Cc2ccc(Cl)cc2)CC1. The lowest BCUT2D eigenvalue weighted by atomic mass is 10.0. The van der Waals surface area contributed by atoms with Gasteiger partial charge in [-0.1, -0.05) is 23.7 Å². The van der Waals surface area contributed by atoms with E-state index in [1.165, 1.54) is 31.2 Å². The Kier molecular flexibility index (Phi) is 4.91. The Balaban J connectivity index is 1.33. The molecule has 1 aliphatic heterocycles. The summed E-state index contributed by atoms with van der Waals surface area (Å²) in [5.41, 5.74) is 1.33. The molecule has 5 heteroatoms. The molecule has 132 valence electrons. The number of hydrogen-bond acceptors (Lipinski definition) is 4. The molecule has 0 bridgehead atoms. The number of aromatic nitrogens is 2. The monoisotopic (exact) mass is 356 g/mol. The first-order valence-corrected chi connectivity index (χ1v) is 9.59. The lowest BCUT2D eigenvalue weighted by Crippen LogP contribution is -2.43. The fraction of sp³-hybridized carbons (Fsp3) is 0.500. The van der Waals surface area contributed by atoms with Crippen molar-refractivity contribution in [3.8, 4) is 0 Å². The van der Waals surface area contributed by atoms with Crippen molar-refractivity contribution in [1.29, 1.82) is 0 Å². The first kappa shape index (κ1) is 16.8. The number of hydrogen-bond donors (Lipinski definition) is 0. The molecular formula is C20H25ClN4. The molecule has 4 nitrogen and oxygen atoms in total. The van der Waals surface area contributed by atoms with Crippen LogP contribution < -0.4 is 4.90 Å². The van der Waals surface area contributed by atoms with E-state index in [2.05, 4.69) is 34.0 Å². The molecule has 2 aromatic rings. The van der Waals surface area contributed by atoms with E-state index in [1.807, 2.05) is 24.4 Å². The summed E-state index contributed by atoms with van der Waals surface area (Å²) in [5.74, 6) is 2.71. The molecule has 0 unspecified atom stereocenters. The van der Waals surface area contributed by atoms with Crippen LogP contribution in [0.15, 0.2) is 36.5 Å². The highest BCUT2D eigenvalue weighted by molar-refractivity contribution is 6.30. The lowest BCUT2D eigenvalue weighted by molar-refractivity contribution is 0.203. The number of benzene rings is 1. The standard InChI is InChI=1S/C20H25ClN4/c1-24(19-8-11-22-20(23-19)16-4-5-16)18-9-12-25(13-10-18)14-15-2-6-17(21)7-3-15/h2-3,6-8,11,16,18H,4-5,9-10,12-14H2,1H3. The number of nitrogens with zero attached hydrogens (tertiary/aromatic N) is 4. The van der Waals surface area contributed by atoms with E-state index in [-0.39, 0.29) is 0 Å². The van der Waals surface area contributed by atoms with Crippen molar-refractivity contribution >= 4 is 17.4 Å². The summed E-state index contributed by atoms with van der Waals surface area (Å²) in [5, 5.41) is 0.805. The predicted molar refractivity (Wildman–Crippen MR) is 102 cm³/mol. The van der Waals surface area contributed by atoms with Gasteiger partial charge in [0, 0.05) is 49.9 Å². The summed E-state index contributed by atoms with van der Waals surface area (Å²) < 4.78 is 0. The van der Waals surface area contributed by atoms with Crippen LogP contribution in [0.4, 0.5) is 5.82 Å². The molecule has 1 aliphatic carbocycles. The molecule has 2 heterocycles. The summed E-state index contributed by atoms with van der Waals surface area (Å²) in [7, 11) is 2.18. The third-order valence-electron chi connectivity index (χ3n) is 5.39. The maximum atomic E-state index is 5.97. The molecule has 1 aromatic heterocycles. The van der Waals surface area contributed by atoms with Gasteiger partial charge in [-0.3, -0.25) is 4.90 Å². The quantitative estimate of drug-likeness (QED) is 0.807. The third-order valence-corrected chi connectivity index (χ3v) is 5.64. The van der Waals surface area contributed by atoms with Gasteiger partial charge in [0.1, 0.15) is 11.6 Å². The summed E-state index contributed by atoms with van der Waals surface area (Å²) in [4.78, 5) is 14.1. The maximum absolute atomic E-state index is 5.97. The Bertz CT molecular complexity index is 706. The number of halogens is 1. The summed E-state index contributed by atoms with van der Waals surface area (Å²) in [6.07, 6.45) is 6.76. The summed E-state index contributed by atoms with van der Waals surface area (Å²) >= 11 is 5.97. The predicted octanol–water partition coefficient (Wildman–Crippen LogP) is 4.11. The largest absolute Gasteiger partial charge is 0.356 e. The van der Waals surface area contributed by atoms with Crippen LogP contribution in [0.2, 0.25) is 5.02 Å². The number of anilines is 1. The zero-order chi connectivity index (χ0) is 17.2. The van der Waals surface area contributed by atoms with Crippen molar-refractivity contribution in [3.63, 3.8) is 0 Å². The molecule has 0 spiro atoms. The second-order valence-corrected chi connectivity index (χ2v) is 7.73. The Hall–Kier alpha value is -1.65. The van der Waals surface area contributed by atoms with Gasteiger partial charge >= 0.3 is 0 Å². The average molecular weight is 357 g/mol. The number of piperidine rings is 1. The van der Waals surface area contributed by atoms with E-state index >= 15 is 0 Å². The van der Waals surface area contributed by atoms with Gasteiger partial charge in [0.05, 0.1) is 0 Å². The Morgan fingerprint density at radius 2 is 1.80 bits per heavy atom. The normalized spacial score (nSPS) is 19.1. The molecule has 2 fully saturated rings. The topological polar surface area (TPSA) is 32.3 Å². The number of likely N-dealkylation sites (tertiary alicyclic amines) is 1. The molecular weight excluding hydrogens is 332 g/mol. The summed E-state index contributed by atoms with van der Waals surface area (Å²) in [6.45, 7) is 3.25. The molecule has 25 heavy (non-hydrogen) atoms. The first-order valence-electron chi connectivity index (χ1n) is 9.21. The van der Waals surface area contributed by atoms with Gasteiger partial charge in [0.25, 0.3) is 0 Å². The van der Waals surface area contributed by atoms with Crippen LogP contribution in [-0.4, -0.2) is 41.0 Å². The summed E-state index contributed by atoms with van der Waals surface area (Å²) in [6, 6.07) is 10.8. The molecule has 1 saturated heterocycles. The van der Waals surface area contributed by atoms with E-state index < -0.39 is 0 Å². The highest BCUT2D eigenvalue weighted by atomic mass is 35.5. The van der Waals surface area contributed by atoms with Gasteiger partial charge in [0.15, 0.2) is 0 Å². The zero-order valence-electron chi connectivity index (χ0n) is 14.7. The van der Waals surface area contributed by atoms with Crippen LogP contribution in [0.5, 0.6) is 0 Å². The first-order chi connectivity index (χ1) is 12.2. The Labute approximate surface area is 154 Å². The van der Waals surface area contributed by atoms with Crippen molar-refractivity contribution in [2.24, 2.45) is 0 Å². The van der Waals surface area contributed by atoms with E-state index in [4.69, 9.17) is 16.6 Å². The van der Waals surface area contributed by atoms with Crippen molar-refractivity contribution in [2.75, 3.05) is 25.0 Å². The maximum Gasteiger partial charge on any atom is 0.133 e. The Morgan fingerprint density at radius 1 is 1.08 bits per heavy atom. The van der Waals surface area contributed by atoms with Crippen molar-refractivity contribution in [1.82, 2.24) is 14.9 Å². The average Bonchev–Trinajstić information content (AvgIpc) is 3.49. The fourth-order valence-corrected chi connectivity index (χ4v) is 3.72. The van der Waals surface area contributed by atoms with E-state index in [9.17, 15) is 0 Å². The van der Waals surface area contributed by atoms with E-state index in [1.54, 1.807) is 0 Å². The second kappa shape index (κ2) is 7.30. The molecule has 1 aromatic carbocycles. The molecule has 0 radical (unpaired) electrons. The molecule has 0 atom stereocenters. The van der Waals surface area contributed by atoms with Crippen LogP contribution in [0.3, 0.4) is 0 Å². The third kappa shape index (κ3) is 4.13. The van der Waals surface area contributed by atoms with Crippen LogP contribution >= 0.6 is 11.6 Å². The highest BCUT2D eigenvalue weighted by Crippen LogP contribution is 2.38. The van der Waals surface area contributed by atoms with Crippen molar-refractivity contribution < 1.29 is 0 Å². The molecule has 0 amide bonds. The smallest absolute Gasteiger partial charge is 0.133 e. The zero-order valence-corrected chi connectivity index (χ0v) is 15.5. The minimum Gasteiger partial charge on any atom is -0.356 e. The van der Waals surface area contributed by atoms with E-state index in [0.29, 0.717) is 12.0 Å². The van der Waals surface area contributed by atoms with Gasteiger partial charge in [-0.2, -0.15) is 0 Å². The molecule has 0 N–H and O–H groups in total. The molecule has 2 aliphatic rings. The van der Waals surface area contributed by atoms with Crippen LogP contribution in [0, 0.1) is 0 Å². The highest BCUT2D eigenvalue weighted by Gasteiger charge is 2.28. The second-order valence-electron chi connectivity index (χ2n) is 7.29. The molecule has 1 saturated carbocycles. The minimum atomic E-state index is 0.559.